The summed E-state index contributed by atoms with van der Waals surface area (Å²) in [6, 6.07) is 11.3. The van der Waals surface area contributed by atoms with Gasteiger partial charge in [-0.2, -0.15) is 0 Å². The van der Waals surface area contributed by atoms with Gasteiger partial charge in [-0.3, -0.25) is 9.59 Å². The fraction of sp³-hybridized carbons (Fsp3) is 0.333. The molecular formula is C24H23NO6. The number of benzene rings is 2. The Morgan fingerprint density at radius 1 is 0.871 bits per heavy atom. The predicted molar refractivity (Wildman–Crippen MR) is 112 cm³/mol. The number of Topliss-reactive ketones (excluding diaryl/α,β-unsaturated/α-hetero) is 1. The molecule has 3 aliphatic rings. The molecule has 1 amide bonds. The number of allylic oxidation sites excluding steroid dienone is 2. The number of carbonyl (C=O) groups excluding carboxylic acids is 2. The predicted octanol–water partition coefficient (Wildman–Crippen LogP) is 3.44. The average molecular weight is 421 g/mol. The summed E-state index contributed by atoms with van der Waals surface area (Å²) in [6.45, 7) is 0.184. The number of amides is 1. The first kappa shape index (κ1) is 19.5. The van der Waals surface area contributed by atoms with E-state index in [0.29, 0.717) is 41.4 Å². The van der Waals surface area contributed by atoms with Crippen molar-refractivity contribution in [1.29, 1.82) is 0 Å². The molecule has 0 aromatic heterocycles. The molecule has 2 aliphatic heterocycles. The Labute approximate surface area is 179 Å². The fourth-order valence-electron chi connectivity index (χ4n) is 4.72. The van der Waals surface area contributed by atoms with Crippen LogP contribution in [0.15, 0.2) is 47.7 Å². The van der Waals surface area contributed by atoms with Gasteiger partial charge in [-0.15, -0.1) is 0 Å². The summed E-state index contributed by atoms with van der Waals surface area (Å²) in [5, 5.41) is 2.96. The molecule has 2 aromatic rings. The maximum atomic E-state index is 13.3. The first-order valence-electron chi connectivity index (χ1n) is 10.2. The molecule has 31 heavy (non-hydrogen) atoms. The zero-order valence-electron chi connectivity index (χ0n) is 17.4. The summed E-state index contributed by atoms with van der Waals surface area (Å²) in [4.78, 5) is 25.8. The third-order valence-corrected chi connectivity index (χ3v) is 6.21. The number of ketones is 1. The lowest BCUT2D eigenvalue weighted by Gasteiger charge is -2.34. The second-order valence-corrected chi connectivity index (χ2v) is 7.95. The van der Waals surface area contributed by atoms with E-state index in [1.54, 1.807) is 14.2 Å². The Morgan fingerprint density at radius 2 is 1.65 bits per heavy atom. The van der Waals surface area contributed by atoms with Gasteiger partial charge < -0.3 is 24.3 Å². The van der Waals surface area contributed by atoms with Crippen molar-refractivity contribution in [1.82, 2.24) is 5.32 Å². The van der Waals surface area contributed by atoms with Gasteiger partial charge in [0.1, 0.15) is 0 Å². The van der Waals surface area contributed by atoms with Crippen molar-refractivity contribution in [3.8, 4) is 23.0 Å². The molecule has 0 bridgehead atoms. The van der Waals surface area contributed by atoms with Crippen LogP contribution in [0.2, 0.25) is 0 Å². The van der Waals surface area contributed by atoms with E-state index in [4.69, 9.17) is 18.9 Å². The van der Waals surface area contributed by atoms with Crippen LogP contribution in [0, 0.1) is 0 Å². The fourth-order valence-corrected chi connectivity index (χ4v) is 4.72. The van der Waals surface area contributed by atoms with Gasteiger partial charge in [-0.25, -0.2) is 0 Å². The molecule has 2 aromatic carbocycles. The van der Waals surface area contributed by atoms with E-state index in [2.05, 4.69) is 5.32 Å². The van der Waals surface area contributed by atoms with Crippen LogP contribution in [-0.2, 0) is 9.59 Å². The highest BCUT2D eigenvalue weighted by Gasteiger charge is 2.38. The van der Waals surface area contributed by atoms with Crippen LogP contribution >= 0.6 is 0 Å². The SMILES string of the molecule is COc1ccc([C@H]2CC(=O)C3=C(C2)NC(=O)C[C@@H]3c2ccc3c(c2)OCO3)cc1OC. The standard InChI is InChI=1S/C24H23NO6/c1-28-19-5-3-13(9-21(19)29-2)15-7-17-24(18(26)8-15)16(11-23(27)25-17)14-4-6-20-22(10-14)31-12-30-20/h3-6,9-10,15-16H,7-8,11-12H2,1-2H3,(H,25,27)/t15-,16-/m1/s1. The van der Waals surface area contributed by atoms with Gasteiger partial charge in [0.2, 0.25) is 12.7 Å². The highest BCUT2D eigenvalue weighted by Crippen LogP contribution is 2.45. The van der Waals surface area contributed by atoms with E-state index in [-0.39, 0.29) is 36.7 Å². The van der Waals surface area contributed by atoms with Gasteiger partial charge in [0.05, 0.1) is 14.2 Å². The van der Waals surface area contributed by atoms with Gasteiger partial charge >= 0.3 is 0 Å². The first-order chi connectivity index (χ1) is 15.1. The third-order valence-electron chi connectivity index (χ3n) is 6.21. The Morgan fingerprint density at radius 3 is 2.45 bits per heavy atom. The highest BCUT2D eigenvalue weighted by molar-refractivity contribution is 6.02. The van der Waals surface area contributed by atoms with Gasteiger partial charge in [-0.05, 0) is 47.7 Å². The van der Waals surface area contributed by atoms with E-state index in [0.717, 1.165) is 16.8 Å². The molecule has 0 fully saturated rings. The molecule has 2 heterocycles. The zero-order valence-corrected chi connectivity index (χ0v) is 17.4. The molecule has 160 valence electrons. The summed E-state index contributed by atoms with van der Waals surface area (Å²) in [6.07, 6.45) is 1.21. The van der Waals surface area contributed by atoms with Crippen molar-refractivity contribution in [2.45, 2.75) is 31.1 Å². The number of fused-ring (bicyclic) bond motifs is 1. The van der Waals surface area contributed by atoms with E-state index >= 15 is 0 Å². The first-order valence-corrected chi connectivity index (χ1v) is 10.2. The summed E-state index contributed by atoms with van der Waals surface area (Å²) in [5.74, 6) is 2.25. The molecule has 5 rings (SSSR count). The number of hydrogen-bond donors (Lipinski definition) is 1. The summed E-state index contributed by atoms with van der Waals surface area (Å²) >= 11 is 0. The van der Waals surface area contributed by atoms with Crippen LogP contribution in [0.1, 0.15) is 42.2 Å². The van der Waals surface area contributed by atoms with E-state index < -0.39 is 0 Å². The zero-order chi connectivity index (χ0) is 21.5. The largest absolute Gasteiger partial charge is 0.493 e. The highest BCUT2D eigenvalue weighted by atomic mass is 16.7. The number of nitrogens with one attached hydrogen (secondary N) is 1. The van der Waals surface area contributed by atoms with Crippen molar-refractivity contribution in [3.05, 3.63) is 58.8 Å². The number of ether oxygens (including phenoxy) is 4. The molecule has 0 saturated heterocycles. The van der Waals surface area contributed by atoms with Crippen LogP contribution < -0.4 is 24.3 Å². The second kappa shape index (κ2) is 7.65. The molecular weight excluding hydrogens is 398 g/mol. The van der Waals surface area contributed by atoms with Crippen molar-refractivity contribution in [3.63, 3.8) is 0 Å². The van der Waals surface area contributed by atoms with Crippen molar-refractivity contribution in [2.75, 3.05) is 21.0 Å². The minimum Gasteiger partial charge on any atom is -0.493 e. The van der Waals surface area contributed by atoms with Crippen molar-refractivity contribution in [2.24, 2.45) is 0 Å². The van der Waals surface area contributed by atoms with Gasteiger partial charge in [0, 0.05) is 30.0 Å². The molecule has 2 atom stereocenters. The number of methoxy groups -OCH3 is 2. The maximum Gasteiger partial charge on any atom is 0.231 e. The van der Waals surface area contributed by atoms with Crippen LogP contribution in [-0.4, -0.2) is 32.7 Å². The van der Waals surface area contributed by atoms with Gasteiger partial charge in [0.25, 0.3) is 0 Å². The monoisotopic (exact) mass is 421 g/mol. The minimum absolute atomic E-state index is 0.0399. The molecule has 1 aliphatic carbocycles. The van der Waals surface area contributed by atoms with Crippen LogP contribution in [0.5, 0.6) is 23.0 Å². The lowest BCUT2D eigenvalue weighted by Crippen LogP contribution is -2.38. The Kier molecular flexibility index (Phi) is 4.81. The summed E-state index contributed by atoms with van der Waals surface area (Å²) in [5.41, 5.74) is 3.30. The maximum absolute atomic E-state index is 13.3. The van der Waals surface area contributed by atoms with E-state index in [1.807, 2.05) is 36.4 Å². The molecule has 0 unspecified atom stereocenters. The quantitative estimate of drug-likeness (QED) is 0.814. The average Bonchev–Trinajstić information content (AvgIpc) is 3.25. The lowest BCUT2D eigenvalue weighted by molar-refractivity contribution is -0.122. The van der Waals surface area contributed by atoms with Crippen molar-refractivity contribution >= 4 is 11.7 Å². The summed E-state index contributed by atoms with van der Waals surface area (Å²) < 4.78 is 21.6. The Bertz CT molecular complexity index is 1110. The third kappa shape index (κ3) is 3.40. The Hall–Kier alpha value is -3.48. The topological polar surface area (TPSA) is 83.1 Å². The molecule has 0 saturated carbocycles. The van der Waals surface area contributed by atoms with Gasteiger partial charge in [-0.1, -0.05) is 12.1 Å². The van der Waals surface area contributed by atoms with E-state index in [9.17, 15) is 9.59 Å². The summed E-state index contributed by atoms with van der Waals surface area (Å²) in [7, 11) is 3.18. The normalized spacial score (nSPS) is 22.1. The Balaban J connectivity index is 1.49. The lowest BCUT2D eigenvalue weighted by atomic mass is 9.73. The van der Waals surface area contributed by atoms with Crippen LogP contribution in [0.4, 0.5) is 0 Å². The number of hydrogen-bond acceptors (Lipinski definition) is 6. The number of carbonyl (C=O) groups is 2. The second-order valence-electron chi connectivity index (χ2n) is 7.95. The molecule has 0 spiro atoms. The molecule has 1 N–H and O–H groups in total. The molecule has 7 nitrogen and oxygen atoms in total. The van der Waals surface area contributed by atoms with Crippen molar-refractivity contribution < 1.29 is 28.5 Å². The molecule has 0 radical (unpaired) electrons. The van der Waals surface area contributed by atoms with Gasteiger partial charge in [0.15, 0.2) is 28.8 Å². The molecule has 7 heteroatoms. The van der Waals surface area contributed by atoms with Crippen LogP contribution in [0.3, 0.4) is 0 Å². The minimum atomic E-state index is -0.280. The van der Waals surface area contributed by atoms with Crippen LogP contribution in [0.25, 0.3) is 0 Å². The van der Waals surface area contributed by atoms with E-state index in [1.165, 1.54) is 0 Å². The smallest absolute Gasteiger partial charge is 0.231 e. The number of rotatable bonds is 4.